The number of rotatable bonds is 2. The first-order valence-corrected chi connectivity index (χ1v) is 8.59. The molecular formula is C20H18N2O6. The molecule has 144 valence electrons. The predicted octanol–water partition coefficient (Wildman–Crippen LogP) is 1.78. The van der Waals surface area contributed by atoms with Gasteiger partial charge in [-0.05, 0) is 24.3 Å². The lowest BCUT2D eigenvalue weighted by atomic mass is 10.1. The molecule has 0 unspecified atom stereocenters. The highest BCUT2D eigenvalue weighted by Gasteiger charge is 2.37. The lowest BCUT2D eigenvalue weighted by Gasteiger charge is -2.02. The zero-order valence-corrected chi connectivity index (χ0v) is 15.3. The Bertz CT molecular complexity index is 874. The molecule has 8 nitrogen and oxygen atoms in total. The Morgan fingerprint density at radius 1 is 0.679 bits per heavy atom. The van der Waals surface area contributed by atoms with Gasteiger partial charge in [-0.1, -0.05) is 36.4 Å². The normalized spacial score (nSPS) is 21.2. The fourth-order valence-electron chi connectivity index (χ4n) is 2.74. The molecule has 2 aliphatic heterocycles. The summed E-state index contributed by atoms with van der Waals surface area (Å²) in [7, 11) is 0. The van der Waals surface area contributed by atoms with Gasteiger partial charge in [-0.3, -0.25) is 0 Å². The Morgan fingerprint density at radius 3 is 1.25 bits per heavy atom. The minimum atomic E-state index is -0.724. The highest BCUT2D eigenvalue weighted by molar-refractivity contribution is 6.42. The van der Waals surface area contributed by atoms with Gasteiger partial charge in [0.2, 0.25) is 0 Å². The molecule has 0 fully saturated rings. The zero-order valence-electron chi connectivity index (χ0n) is 15.3. The van der Waals surface area contributed by atoms with E-state index in [0.717, 1.165) is 0 Å². The van der Waals surface area contributed by atoms with Crippen LogP contribution in [0, 0.1) is 10.4 Å². The van der Waals surface area contributed by atoms with Gasteiger partial charge in [0.05, 0.1) is 11.1 Å². The predicted molar refractivity (Wildman–Crippen MR) is 99.5 cm³/mol. The molecule has 8 heteroatoms. The Kier molecular flexibility index (Phi) is 5.39. The van der Waals surface area contributed by atoms with Crippen molar-refractivity contribution in [3.05, 3.63) is 82.2 Å². The van der Waals surface area contributed by atoms with E-state index in [0.29, 0.717) is 20.6 Å². The number of hydrogen-bond donors (Lipinski definition) is 0. The molecule has 2 aromatic carbocycles. The summed E-state index contributed by atoms with van der Waals surface area (Å²) in [5.74, 6) is -1.11. The van der Waals surface area contributed by atoms with Gasteiger partial charge >= 0.3 is 35.8 Å². The van der Waals surface area contributed by atoms with Crippen molar-refractivity contribution in [3.63, 3.8) is 0 Å². The summed E-state index contributed by atoms with van der Waals surface area (Å²) in [5.41, 5.74) is 1.35. The van der Waals surface area contributed by atoms with Gasteiger partial charge in [-0.2, -0.15) is 9.48 Å². The zero-order chi connectivity index (χ0) is 20.3. The van der Waals surface area contributed by atoms with E-state index in [4.69, 9.17) is 9.47 Å². The van der Waals surface area contributed by atoms with Crippen molar-refractivity contribution >= 4 is 23.4 Å². The Balaban J connectivity index is 0.000000161. The summed E-state index contributed by atoms with van der Waals surface area (Å²) < 4.78 is 10.7. The minimum Gasteiger partial charge on any atom is -0.620 e. The first kappa shape index (κ1) is 19.1. The van der Waals surface area contributed by atoms with E-state index in [1.54, 1.807) is 62.4 Å². The van der Waals surface area contributed by atoms with E-state index in [9.17, 15) is 20.0 Å². The van der Waals surface area contributed by atoms with Crippen molar-refractivity contribution in [1.29, 1.82) is 0 Å². The molecule has 4 rings (SSSR count). The van der Waals surface area contributed by atoms with Crippen molar-refractivity contribution in [2.45, 2.75) is 26.3 Å². The number of ether oxygens (including phenoxy) is 2. The topological polar surface area (TPSA) is 105 Å². The van der Waals surface area contributed by atoms with E-state index in [-0.39, 0.29) is 11.4 Å². The largest absolute Gasteiger partial charge is 0.620 e. The second-order valence-corrected chi connectivity index (χ2v) is 6.09. The molecule has 0 radical (unpaired) electrons. The van der Waals surface area contributed by atoms with Crippen molar-refractivity contribution in [3.8, 4) is 0 Å². The van der Waals surface area contributed by atoms with Crippen LogP contribution in [0.1, 0.15) is 25.0 Å². The first-order valence-electron chi connectivity index (χ1n) is 8.59. The second-order valence-electron chi connectivity index (χ2n) is 6.09. The maximum Gasteiger partial charge on any atom is 0.410 e. The average Bonchev–Trinajstić information content (AvgIpc) is 3.10. The number of nitrogens with zero attached hydrogens (tertiary/aromatic N) is 2. The van der Waals surface area contributed by atoms with Crippen LogP contribution >= 0.6 is 0 Å². The highest BCUT2D eigenvalue weighted by atomic mass is 16.6. The highest BCUT2D eigenvalue weighted by Crippen LogP contribution is 2.12. The van der Waals surface area contributed by atoms with Crippen LogP contribution in [-0.2, 0) is 19.1 Å². The molecule has 0 N–H and O–H groups in total. The van der Waals surface area contributed by atoms with Crippen molar-refractivity contribution in [2.24, 2.45) is 0 Å². The third kappa shape index (κ3) is 3.71. The van der Waals surface area contributed by atoms with Crippen LogP contribution in [0.25, 0.3) is 0 Å². The van der Waals surface area contributed by atoms with Gasteiger partial charge in [-0.25, -0.2) is 9.59 Å². The fourth-order valence-corrected chi connectivity index (χ4v) is 2.74. The number of hydrogen-bond acceptors (Lipinski definition) is 6. The van der Waals surface area contributed by atoms with Crippen molar-refractivity contribution < 1.29 is 28.5 Å². The van der Waals surface area contributed by atoms with Crippen LogP contribution in [0.5, 0.6) is 0 Å². The van der Waals surface area contributed by atoms with E-state index < -0.39 is 24.4 Å². The molecular weight excluding hydrogens is 364 g/mol. The van der Waals surface area contributed by atoms with Gasteiger partial charge < -0.3 is 19.9 Å². The maximum atomic E-state index is 11.4. The number of esters is 2. The average molecular weight is 382 g/mol. The first-order chi connectivity index (χ1) is 13.4. The summed E-state index contributed by atoms with van der Waals surface area (Å²) in [6.45, 7) is 3.08. The fraction of sp³-hybridized carbons (Fsp3) is 0.200. The van der Waals surface area contributed by atoms with E-state index >= 15 is 0 Å². The molecule has 2 atom stereocenters. The summed E-state index contributed by atoms with van der Waals surface area (Å²) in [5, 5.41) is 22.9. The molecule has 28 heavy (non-hydrogen) atoms. The standard InChI is InChI=1S/2C10H9NO3/c2*1-7-11(13)9(10(12)14-7)8-5-3-2-4-6-8/h2*2-7H,1H3/t2*7-/m10/s1. The van der Waals surface area contributed by atoms with E-state index in [1.165, 1.54) is 0 Å². The molecule has 2 aromatic rings. The SMILES string of the molecule is C[C@@H]1OC(=O)C(c2ccccc2)=[N+]1[O-].C[C@H]1OC(=O)C(c2ccccc2)=[N+]1[O-]. The van der Waals surface area contributed by atoms with Gasteiger partial charge in [0, 0.05) is 13.8 Å². The minimum absolute atomic E-state index is 0.0816. The molecule has 2 heterocycles. The van der Waals surface area contributed by atoms with Crippen LogP contribution in [0.3, 0.4) is 0 Å². The second kappa shape index (κ2) is 7.91. The Morgan fingerprint density at radius 2 is 1.00 bits per heavy atom. The van der Waals surface area contributed by atoms with Gasteiger partial charge in [-0.15, -0.1) is 0 Å². The van der Waals surface area contributed by atoms with E-state index in [1.807, 2.05) is 12.1 Å². The summed E-state index contributed by atoms with van der Waals surface area (Å²) in [6.07, 6.45) is -1.45. The van der Waals surface area contributed by atoms with Crippen LogP contribution in [0.4, 0.5) is 0 Å². The third-order valence-electron chi connectivity index (χ3n) is 4.14. The van der Waals surface area contributed by atoms with Crippen LogP contribution < -0.4 is 0 Å². The number of cyclic esters (lactones) is 2. The summed E-state index contributed by atoms with van der Waals surface area (Å²) in [6, 6.07) is 17.6. The molecule has 0 bridgehead atoms. The smallest absolute Gasteiger partial charge is 0.410 e. The monoisotopic (exact) mass is 382 g/mol. The van der Waals surface area contributed by atoms with Gasteiger partial charge in [0.25, 0.3) is 0 Å². The maximum absolute atomic E-state index is 11.4. The molecule has 0 amide bonds. The molecule has 0 saturated carbocycles. The molecule has 0 spiro atoms. The number of hydroxylamine groups is 2. The number of carbonyl (C=O) groups excluding carboxylic acids is 2. The number of benzene rings is 2. The molecule has 0 aliphatic carbocycles. The van der Waals surface area contributed by atoms with Gasteiger partial charge in [0.1, 0.15) is 0 Å². The lowest BCUT2D eigenvalue weighted by Crippen LogP contribution is -2.18. The third-order valence-corrected chi connectivity index (χ3v) is 4.14. The van der Waals surface area contributed by atoms with Crippen molar-refractivity contribution in [1.82, 2.24) is 0 Å². The van der Waals surface area contributed by atoms with E-state index in [2.05, 4.69) is 0 Å². The number of carbonyl (C=O) groups is 2. The summed E-state index contributed by atoms with van der Waals surface area (Å²) in [4.78, 5) is 22.6. The quantitative estimate of drug-likeness (QED) is 0.445. The van der Waals surface area contributed by atoms with Crippen LogP contribution in [0.2, 0.25) is 0 Å². The molecule has 2 aliphatic rings. The Hall–Kier alpha value is -3.68. The van der Waals surface area contributed by atoms with Crippen LogP contribution in [-0.4, -0.2) is 45.3 Å². The molecule has 0 aromatic heterocycles. The molecule has 0 saturated heterocycles. The van der Waals surface area contributed by atoms with Crippen LogP contribution in [0.15, 0.2) is 60.7 Å². The Labute approximate surface area is 161 Å². The van der Waals surface area contributed by atoms with Gasteiger partial charge in [0.15, 0.2) is 0 Å². The summed E-state index contributed by atoms with van der Waals surface area (Å²) >= 11 is 0. The van der Waals surface area contributed by atoms with Crippen molar-refractivity contribution in [2.75, 3.05) is 0 Å². The lowest BCUT2D eigenvalue weighted by molar-refractivity contribution is -0.529.